The molecule has 14 nitrogen and oxygen atoms in total. The summed E-state index contributed by atoms with van der Waals surface area (Å²) in [6.07, 6.45) is 8.92. The zero-order chi connectivity index (χ0) is 50.9. The number of sulfonamides is 1. The highest BCUT2D eigenvalue weighted by atomic mass is 32.2. The van der Waals surface area contributed by atoms with E-state index in [0.717, 1.165) is 62.8 Å². The van der Waals surface area contributed by atoms with Gasteiger partial charge in [-0.05, 0) is 130 Å². The molecular weight excluding hydrogens is 939 g/mol. The van der Waals surface area contributed by atoms with Crippen LogP contribution in [-0.2, 0) is 23.0 Å². The Morgan fingerprint density at radius 3 is 2.47 bits per heavy atom. The number of nitrogens with zero attached hydrogens (tertiary/aromatic N) is 6. The van der Waals surface area contributed by atoms with Gasteiger partial charge in [0.25, 0.3) is 15.9 Å². The SMILES string of the molecule is Cc1ccc(CN2CCN(C3CCN(c4ccc(C(=O)NS(=O)(=O)c5cnc(NCC6CCC(C)(O)CC6)c(N(C)[O-])c5)c(Oc5cnc6c(c5)C(F)=CC6)c4)CC3)C(c3ccccc3C(C)C)C2)cc1F. The molecule has 4 aliphatic rings. The van der Waals surface area contributed by atoms with E-state index in [9.17, 15) is 32.3 Å². The fourth-order valence-corrected chi connectivity index (χ4v) is 11.7. The number of piperazine rings is 1. The van der Waals surface area contributed by atoms with Gasteiger partial charge in [-0.25, -0.2) is 26.9 Å². The van der Waals surface area contributed by atoms with Crippen LogP contribution in [0.3, 0.4) is 0 Å². The highest BCUT2D eigenvalue weighted by Gasteiger charge is 2.37. The molecule has 0 bridgehead atoms. The molecule has 4 heterocycles. The number of hydroxylamine groups is 1. The van der Waals surface area contributed by atoms with Crippen molar-refractivity contribution in [1.82, 2.24) is 24.5 Å². The summed E-state index contributed by atoms with van der Waals surface area (Å²) in [6, 6.07) is 22.3. The molecule has 2 aliphatic carbocycles. The number of ether oxygens (including phenoxy) is 1. The summed E-state index contributed by atoms with van der Waals surface area (Å²) in [5.74, 6) is -0.618. The van der Waals surface area contributed by atoms with Gasteiger partial charge in [-0.2, -0.15) is 0 Å². The number of nitrogens with one attached hydrogen (secondary N) is 2. The maximum absolute atomic E-state index is 14.8. The van der Waals surface area contributed by atoms with Crippen molar-refractivity contribution in [1.29, 1.82) is 0 Å². The Morgan fingerprint density at radius 2 is 1.74 bits per heavy atom. The largest absolute Gasteiger partial charge is 0.758 e. The number of piperidine rings is 1. The number of amides is 1. The van der Waals surface area contributed by atoms with Gasteiger partial charge in [0.05, 0.1) is 28.7 Å². The van der Waals surface area contributed by atoms with Crippen molar-refractivity contribution in [2.24, 2.45) is 5.92 Å². The van der Waals surface area contributed by atoms with Crippen LogP contribution in [0.5, 0.6) is 11.5 Å². The Kier molecular flexibility index (Phi) is 15.0. The fraction of sp³-hybridized carbons (Fsp3) is 0.436. The maximum Gasteiger partial charge on any atom is 0.268 e. The highest BCUT2D eigenvalue weighted by molar-refractivity contribution is 7.90. The lowest BCUT2D eigenvalue weighted by Gasteiger charge is -2.48. The molecule has 3 fully saturated rings. The maximum atomic E-state index is 14.8. The van der Waals surface area contributed by atoms with Crippen LogP contribution in [0.15, 0.2) is 96.2 Å². The van der Waals surface area contributed by atoms with Gasteiger partial charge in [0.1, 0.15) is 33.9 Å². The molecule has 5 aromatic rings. The third-order valence-corrected chi connectivity index (χ3v) is 16.3. The second-order valence-corrected chi connectivity index (χ2v) is 22.3. The number of carbonyl (C=O) groups excluding carboxylic acids is 1. The van der Waals surface area contributed by atoms with Crippen LogP contribution in [0.1, 0.15) is 115 Å². The number of aryl methyl sites for hydroxylation is 1. The number of carbonyl (C=O) groups is 1. The van der Waals surface area contributed by atoms with Gasteiger partial charge >= 0.3 is 0 Å². The molecule has 1 unspecified atom stereocenters. The Hall–Kier alpha value is -5.98. The number of halogens is 2. The van der Waals surface area contributed by atoms with E-state index in [4.69, 9.17) is 4.74 Å². The fourth-order valence-electron chi connectivity index (χ4n) is 10.7. The van der Waals surface area contributed by atoms with Crippen LogP contribution < -0.4 is 24.7 Å². The standard InChI is InChI=1S/C55H65F2N8O6S/c1-35(2)43-8-6-7-9-44(43)51-34-63(33-38-11-10-36(3)48(57)26-38)24-25-65(51)39-18-22-64(23-19-39)40-12-13-45(52(27-40)71-41-28-46-47(56)14-15-49(46)58-31-41)54(66)61-72(69,70)42-29-50(62(5)68)53(60-32-42)59-30-37-16-20-55(4,67)21-17-37/h6-14,26-29,31-32,35,37,39,51,67H,15-25,30,33-34H2,1-5H3,(H,59,60)(H,61,66)/q-1. The molecule has 382 valence electrons. The second-order valence-electron chi connectivity index (χ2n) is 20.6. The minimum absolute atomic E-state index is 0.0234. The van der Waals surface area contributed by atoms with Gasteiger partial charge in [0.2, 0.25) is 0 Å². The summed E-state index contributed by atoms with van der Waals surface area (Å²) >= 11 is 0. The molecule has 9 rings (SSSR count). The molecular formula is C55H65F2N8O6S-. The lowest BCUT2D eigenvalue weighted by Crippen LogP contribution is -2.54. The van der Waals surface area contributed by atoms with E-state index in [1.165, 1.54) is 48.6 Å². The number of pyridine rings is 2. The normalized spacial score (nSPS) is 21.1. The highest BCUT2D eigenvalue weighted by Crippen LogP contribution is 2.39. The molecule has 2 aromatic heterocycles. The molecule has 3 N–H and O–H groups in total. The average Bonchev–Trinajstić information content (AvgIpc) is 3.73. The summed E-state index contributed by atoms with van der Waals surface area (Å²) in [5.41, 5.74) is 5.02. The van der Waals surface area contributed by atoms with Crippen molar-refractivity contribution in [2.45, 2.75) is 108 Å². The molecule has 72 heavy (non-hydrogen) atoms. The van der Waals surface area contributed by atoms with Crippen LogP contribution in [0, 0.1) is 23.9 Å². The Labute approximate surface area is 421 Å². The zero-order valence-electron chi connectivity index (χ0n) is 41.7. The monoisotopic (exact) mass is 1000 g/mol. The molecule has 2 aliphatic heterocycles. The quantitative estimate of drug-likeness (QED) is 0.0850. The van der Waals surface area contributed by atoms with Gasteiger partial charge in [-0.3, -0.25) is 19.6 Å². The number of allylic oxidation sites excluding steroid dienone is 1. The van der Waals surface area contributed by atoms with Gasteiger partial charge in [-0.15, -0.1) is 0 Å². The summed E-state index contributed by atoms with van der Waals surface area (Å²) in [6.45, 7) is 13.1. The third-order valence-electron chi connectivity index (χ3n) is 15.0. The summed E-state index contributed by atoms with van der Waals surface area (Å²) in [5, 5.41) is 26.8. The summed E-state index contributed by atoms with van der Waals surface area (Å²) in [7, 11) is -3.34. The molecule has 0 spiro atoms. The minimum atomic E-state index is -4.58. The van der Waals surface area contributed by atoms with Crippen molar-refractivity contribution >= 4 is 38.9 Å². The minimum Gasteiger partial charge on any atom is -0.758 e. The summed E-state index contributed by atoms with van der Waals surface area (Å²) < 4.78 is 65.7. The predicted octanol–water partition coefficient (Wildman–Crippen LogP) is 9.64. The number of aromatic nitrogens is 2. The van der Waals surface area contributed by atoms with E-state index >= 15 is 0 Å². The molecule has 2 saturated heterocycles. The van der Waals surface area contributed by atoms with Crippen molar-refractivity contribution in [2.75, 3.05) is 61.6 Å². The van der Waals surface area contributed by atoms with Crippen LogP contribution in [-0.4, -0.2) is 97.2 Å². The van der Waals surface area contributed by atoms with Crippen molar-refractivity contribution < 1.29 is 31.8 Å². The first-order chi connectivity index (χ1) is 34.4. The lowest BCUT2D eigenvalue weighted by atomic mass is 9.80. The molecule has 1 amide bonds. The number of anilines is 3. The molecule has 0 radical (unpaired) electrons. The number of fused-ring (bicyclic) bond motifs is 1. The van der Waals surface area contributed by atoms with Crippen LogP contribution in [0.2, 0.25) is 0 Å². The Bertz CT molecular complexity index is 2930. The van der Waals surface area contributed by atoms with E-state index in [1.807, 2.05) is 19.1 Å². The topological polar surface area (TPSA) is 167 Å². The number of hydrogen-bond donors (Lipinski definition) is 3. The van der Waals surface area contributed by atoms with Gasteiger partial charge in [0.15, 0.2) is 0 Å². The average molecular weight is 1000 g/mol. The van der Waals surface area contributed by atoms with Crippen molar-refractivity contribution in [3.63, 3.8) is 0 Å². The van der Waals surface area contributed by atoms with Crippen molar-refractivity contribution in [3.8, 4) is 11.5 Å². The predicted molar refractivity (Wildman–Crippen MR) is 277 cm³/mol. The number of hydrogen-bond acceptors (Lipinski definition) is 13. The number of benzene rings is 3. The zero-order valence-corrected chi connectivity index (χ0v) is 42.5. The molecule has 1 saturated carbocycles. The first kappa shape index (κ1) is 50.9. The van der Waals surface area contributed by atoms with Crippen LogP contribution in [0.25, 0.3) is 5.83 Å². The lowest BCUT2D eigenvalue weighted by molar-refractivity contribution is 0.00975. The van der Waals surface area contributed by atoms with E-state index in [1.54, 1.807) is 25.1 Å². The Balaban J connectivity index is 0.933. The van der Waals surface area contributed by atoms with E-state index in [0.29, 0.717) is 67.7 Å². The van der Waals surface area contributed by atoms with Gasteiger partial charge < -0.3 is 30.3 Å². The third kappa shape index (κ3) is 11.4. The Morgan fingerprint density at radius 1 is 0.972 bits per heavy atom. The van der Waals surface area contributed by atoms with Crippen molar-refractivity contribution in [3.05, 3.63) is 141 Å². The second kappa shape index (κ2) is 21.2. The first-order valence-corrected chi connectivity index (χ1v) is 26.6. The first-order valence-electron chi connectivity index (χ1n) is 25.1. The van der Waals surface area contributed by atoms with Gasteiger partial charge in [-0.1, -0.05) is 50.2 Å². The molecule has 3 aromatic carbocycles. The van der Waals surface area contributed by atoms with E-state index in [2.05, 4.69) is 72.8 Å². The smallest absolute Gasteiger partial charge is 0.268 e. The number of rotatable bonds is 15. The van der Waals surface area contributed by atoms with Crippen LogP contribution >= 0.6 is 0 Å². The molecule has 1 atom stereocenters. The molecule has 17 heteroatoms. The van der Waals surface area contributed by atoms with E-state index < -0.39 is 32.3 Å². The summed E-state index contributed by atoms with van der Waals surface area (Å²) in [4.78, 5) is 29.8. The van der Waals surface area contributed by atoms with E-state index in [-0.39, 0.29) is 57.9 Å². The van der Waals surface area contributed by atoms with Gasteiger partial charge in [0, 0.05) is 87.8 Å². The number of aliphatic hydroxyl groups is 1. The van der Waals surface area contributed by atoms with Crippen LogP contribution in [0.4, 0.5) is 26.0 Å².